The zero-order valence-electron chi connectivity index (χ0n) is 18.3. The fourth-order valence-corrected chi connectivity index (χ4v) is 4.34. The van der Waals surface area contributed by atoms with Crippen molar-refractivity contribution in [2.24, 2.45) is 11.4 Å². The SMILES string of the molecule is Cc1cc(-c2cc(N=S(C)C)c3nc(C)n(Cc4cccc(F)c4)c3c2)cn(C)c1=O. The van der Waals surface area contributed by atoms with E-state index in [-0.39, 0.29) is 22.1 Å². The van der Waals surface area contributed by atoms with Gasteiger partial charge in [-0.1, -0.05) is 12.1 Å². The van der Waals surface area contributed by atoms with E-state index in [0.717, 1.165) is 39.2 Å². The summed E-state index contributed by atoms with van der Waals surface area (Å²) in [6.45, 7) is 4.29. The van der Waals surface area contributed by atoms with Crippen LogP contribution in [0.5, 0.6) is 0 Å². The van der Waals surface area contributed by atoms with E-state index >= 15 is 0 Å². The van der Waals surface area contributed by atoms with Gasteiger partial charge in [0.05, 0.1) is 11.2 Å². The Bertz CT molecular complexity index is 1370. The molecular formula is C24H25FN4OS. The molecule has 0 atom stereocenters. The fraction of sp³-hybridized carbons (Fsp3) is 0.250. The quantitative estimate of drug-likeness (QED) is 0.457. The minimum atomic E-state index is -0.252. The van der Waals surface area contributed by atoms with Gasteiger partial charge in [-0.3, -0.25) is 4.79 Å². The minimum absolute atomic E-state index is 0.00890. The Labute approximate surface area is 183 Å². The predicted molar refractivity (Wildman–Crippen MR) is 127 cm³/mol. The highest BCUT2D eigenvalue weighted by molar-refractivity contribution is 7.85. The Morgan fingerprint density at radius 2 is 1.87 bits per heavy atom. The predicted octanol–water partition coefficient (Wildman–Crippen LogP) is 4.90. The number of rotatable bonds is 4. The Balaban J connectivity index is 1.97. The average molecular weight is 437 g/mol. The number of fused-ring (bicyclic) bond motifs is 1. The first-order valence-corrected chi connectivity index (χ1v) is 11.9. The van der Waals surface area contributed by atoms with Crippen LogP contribution < -0.4 is 5.56 Å². The Kier molecular flexibility index (Phi) is 5.62. The number of nitrogens with zero attached hydrogens (tertiary/aromatic N) is 4. The summed E-state index contributed by atoms with van der Waals surface area (Å²) < 4.78 is 22.3. The number of pyridine rings is 1. The lowest BCUT2D eigenvalue weighted by molar-refractivity contribution is 0.623. The van der Waals surface area contributed by atoms with Crippen molar-refractivity contribution in [2.45, 2.75) is 20.4 Å². The first-order chi connectivity index (χ1) is 14.7. The zero-order valence-corrected chi connectivity index (χ0v) is 19.1. The lowest BCUT2D eigenvalue weighted by Crippen LogP contribution is -2.18. The molecule has 4 rings (SSSR count). The average Bonchev–Trinajstić information content (AvgIpc) is 3.01. The molecule has 2 aromatic carbocycles. The lowest BCUT2D eigenvalue weighted by Gasteiger charge is -2.11. The summed E-state index contributed by atoms with van der Waals surface area (Å²) in [5.41, 5.74) is 6.06. The van der Waals surface area contributed by atoms with Gasteiger partial charge in [0, 0.05) is 25.4 Å². The topological polar surface area (TPSA) is 52.2 Å². The molecule has 4 aromatic rings. The maximum absolute atomic E-state index is 13.7. The van der Waals surface area contributed by atoms with Gasteiger partial charge in [-0.2, -0.15) is 0 Å². The maximum atomic E-state index is 13.7. The molecular weight excluding hydrogens is 411 g/mol. The van der Waals surface area contributed by atoms with Crippen molar-refractivity contribution in [2.75, 3.05) is 12.5 Å². The third-order valence-corrected chi connectivity index (χ3v) is 5.79. The normalized spacial score (nSPS) is 11.5. The molecule has 0 spiro atoms. The van der Waals surface area contributed by atoms with Crippen LogP contribution in [0.2, 0.25) is 0 Å². The molecule has 31 heavy (non-hydrogen) atoms. The van der Waals surface area contributed by atoms with E-state index in [4.69, 9.17) is 9.35 Å². The van der Waals surface area contributed by atoms with Crippen LogP contribution in [-0.4, -0.2) is 26.6 Å². The molecule has 160 valence electrons. The summed E-state index contributed by atoms with van der Waals surface area (Å²) in [5, 5.41) is 0. The van der Waals surface area contributed by atoms with Gasteiger partial charge in [0.25, 0.3) is 5.56 Å². The van der Waals surface area contributed by atoms with Crippen molar-refractivity contribution < 1.29 is 4.39 Å². The lowest BCUT2D eigenvalue weighted by atomic mass is 10.0. The van der Waals surface area contributed by atoms with Crippen LogP contribution in [0.3, 0.4) is 0 Å². The molecule has 0 unspecified atom stereocenters. The number of imidazole rings is 1. The third kappa shape index (κ3) is 4.23. The molecule has 0 aliphatic rings. The standard InChI is InChI=1S/C24H25FN4OS/c1-15-9-19(14-28(3)24(15)30)18-11-21(27-31(4)5)23-22(12-18)29(16(2)26-23)13-17-7-6-8-20(25)10-17/h6-12,14H,13H2,1-5H3. The molecule has 0 amide bonds. The second-order valence-electron chi connectivity index (χ2n) is 7.93. The second kappa shape index (κ2) is 8.23. The molecule has 0 saturated carbocycles. The van der Waals surface area contributed by atoms with Crippen molar-refractivity contribution in [3.63, 3.8) is 0 Å². The fourth-order valence-electron chi connectivity index (χ4n) is 3.81. The smallest absolute Gasteiger partial charge is 0.253 e. The molecule has 0 N–H and O–H groups in total. The third-order valence-electron chi connectivity index (χ3n) is 5.23. The first kappa shape index (κ1) is 21.2. The van der Waals surface area contributed by atoms with E-state index in [9.17, 15) is 9.18 Å². The molecule has 5 nitrogen and oxygen atoms in total. The molecule has 2 heterocycles. The summed E-state index contributed by atoms with van der Waals surface area (Å²) in [6, 6.07) is 12.7. The summed E-state index contributed by atoms with van der Waals surface area (Å²) >= 11 is 0. The Hall–Kier alpha value is -3.06. The largest absolute Gasteiger partial charge is 0.324 e. The number of benzene rings is 2. The van der Waals surface area contributed by atoms with Crippen LogP contribution in [0.4, 0.5) is 10.1 Å². The molecule has 0 saturated heterocycles. The van der Waals surface area contributed by atoms with Crippen LogP contribution in [0.15, 0.2) is 57.8 Å². The first-order valence-electron chi connectivity index (χ1n) is 9.95. The minimum Gasteiger partial charge on any atom is -0.324 e. The van der Waals surface area contributed by atoms with Crippen LogP contribution >= 0.6 is 0 Å². The van der Waals surface area contributed by atoms with Gasteiger partial charge in [0.2, 0.25) is 0 Å². The van der Waals surface area contributed by atoms with Gasteiger partial charge >= 0.3 is 0 Å². The van der Waals surface area contributed by atoms with Gasteiger partial charge in [-0.05, 0) is 73.4 Å². The van der Waals surface area contributed by atoms with Crippen molar-refractivity contribution in [3.8, 4) is 11.1 Å². The van der Waals surface area contributed by atoms with Gasteiger partial charge in [-0.25, -0.2) is 13.7 Å². The number of halogens is 1. The highest BCUT2D eigenvalue weighted by Crippen LogP contribution is 2.34. The van der Waals surface area contributed by atoms with Crippen LogP contribution in [0.25, 0.3) is 22.2 Å². The van der Waals surface area contributed by atoms with Gasteiger partial charge in [-0.15, -0.1) is 10.7 Å². The molecule has 0 fully saturated rings. The van der Waals surface area contributed by atoms with Gasteiger partial charge < -0.3 is 9.13 Å². The van der Waals surface area contributed by atoms with Crippen molar-refractivity contribution in [3.05, 3.63) is 81.8 Å². The second-order valence-corrected chi connectivity index (χ2v) is 9.66. The van der Waals surface area contributed by atoms with Crippen molar-refractivity contribution in [1.82, 2.24) is 14.1 Å². The van der Waals surface area contributed by atoms with E-state index in [2.05, 4.69) is 23.1 Å². The number of aryl methyl sites for hydroxylation is 3. The van der Waals surface area contributed by atoms with E-state index in [1.165, 1.54) is 6.07 Å². The Morgan fingerprint density at radius 3 is 2.55 bits per heavy atom. The Morgan fingerprint density at radius 1 is 1.10 bits per heavy atom. The van der Waals surface area contributed by atoms with Gasteiger partial charge in [0.15, 0.2) is 0 Å². The molecule has 0 bridgehead atoms. The monoisotopic (exact) mass is 436 g/mol. The number of hydrogen-bond acceptors (Lipinski definition) is 3. The molecule has 0 aliphatic carbocycles. The summed E-state index contributed by atoms with van der Waals surface area (Å²) in [7, 11) is 1.59. The highest BCUT2D eigenvalue weighted by Gasteiger charge is 2.15. The van der Waals surface area contributed by atoms with E-state index in [0.29, 0.717) is 12.1 Å². The molecule has 0 aliphatic heterocycles. The van der Waals surface area contributed by atoms with Crippen molar-refractivity contribution in [1.29, 1.82) is 0 Å². The summed E-state index contributed by atoms with van der Waals surface area (Å²) in [4.78, 5) is 17.0. The van der Waals surface area contributed by atoms with E-state index in [1.807, 2.05) is 38.2 Å². The van der Waals surface area contributed by atoms with Crippen LogP contribution in [0.1, 0.15) is 17.0 Å². The highest BCUT2D eigenvalue weighted by atomic mass is 32.2. The molecule has 0 radical (unpaired) electrons. The summed E-state index contributed by atoms with van der Waals surface area (Å²) in [6.07, 6.45) is 5.97. The molecule has 2 aromatic heterocycles. The van der Waals surface area contributed by atoms with Crippen molar-refractivity contribution >= 4 is 27.4 Å². The van der Waals surface area contributed by atoms with Gasteiger partial charge in [0.1, 0.15) is 17.2 Å². The van der Waals surface area contributed by atoms with E-state index in [1.54, 1.807) is 23.7 Å². The van der Waals surface area contributed by atoms with E-state index < -0.39 is 0 Å². The van der Waals surface area contributed by atoms with Crippen LogP contribution in [-0.2, 0) is 24.3 Å². The molecule has 7 heteroatoms. The van der Waals surface area contributed by atoms with Crippen LogP contribution in [0, 0.1) is 19.7 Å². The summed E-state index contributed by atoms with van der Waals surface area (Å²) in [5.74, 6) is 0.592. The number of aromatic nitrogens is 3. The zero-order chi connectivity index (χ0) is 22.3. The number of hydrogen-bond donors (Lipinski definition) is 0. The maximum Gasteiger partial charge on any atom is 0.253 e.